The van der Waals surface area contributed by atoms with Gasteiger partial charge in [0, 0.05) is 26.6 Å². The van der Waals surface area contributed by atoms with Crippen molar-refractivity contribution in [3.63, 3.8) is 0 Å². The van der Waals surface area contributed by atoms with Gasteiger partial charge in [0.2, 0.25) is 5.91 Å². The SMILES string of the molecule is CC(=O)N(C)c1cc2c(nc(C)n2C)c(O)c1CCC(O)c1ccccc1. The molecule has 27 heavy (non-hydrogen) atoms. The molecule has 6 heteroatoms. The zero-order valence-corrected chi connectivity index (χ0v) is 16.1. The molecule has 0 spiro atoms. The fraction of sp³-hybridized carbons (Fsp3) is 0.333. The lowest BCUT2D eigenvalue weighted by atomic mass is 9.98. The van der Waals surface area contributed by atoms with E-state index in [0.717, 1.165) is 16.9 Å². The van der Waals surface area contributed by atoms with Gasteiger partial charge >= 0.3 is 0 Å². The second-order valence-corrected chi connectivity index (χ2v) is 6.85. The second kappa shape index (κ2) is 7.40. The number of hydrogen-bond donors (Lipinski definition) is 2. The van der Waals surface area contributed by atoms with Crippen molar-refractivity contribution in [2.75, 3.05) is 11.9 Å². The number of aryl methyl sites for hydroxylation is 2. The van der Waals surface area contributed by atoms with Crippen LogP contribution < -0.4 is 4.90 Å². The highest BCUT2D eigenvalue weighted by Crippen LogP contribution is 2.38. The summed E-state index contributed by atoms with van der Waals surface area (Å²) < 4.78 is 1.88. The molecule has 0 aliphatic rings. The molecule has 1 unspecified atom stereocenters. The third-order valence-electron chi connectivity index (χ3n) is 5.14. The summed E-state index contributed by atoms with van der Waals surface area (Å²) >= 11 is 0. The molecule has 1 atom stereocenters. The number of nitrogens with zero attached hydrogens (tertiary/aromatic N) is 3. The van der Waals surface area contributed by atoms with E-state index >= 15 is 0 Å². The molecule has 0 fully saturated rings. The van der Waals surface area contributed by atoms with Gasteiger partial charge in [0.25, 0.3) is 0 Å². The summed E-state index contributed by atoms with van der Waals surface area (Å²) in [6.07, 6.45) is 0.191. The van der Waals surface area contributed by atoms with E-state index < -0.39 is 6.10 Å². The summed E-state index contributed by atoms with van der Waals surface area (Å²) in [5.74, 6) is 0.718. The molecule has 3 aromatic rings. The summed E-state index contributed by atoms with van der Waals surface area (Å²) in [5, 5.41) is 21.4. The summed E-state index contributed by atoms with van der Waals surface area (Å²) in [7, 11) is 3.56. The van der Waals surface area contributed by atoms with Gasteiger partial charge in [-0.3, -0.25) is 4.79 Å². The minimum atomic E-state index is -0.651. The molecule has 0 saturated heterocycles. The highest BCUT2D eigenvalue weighted by atomic mass is 16.3. The van der Waals surface area contributed by atoms with Crippen molar-refractivity contribution in [3.05, 3.63) is 53.3 Å². The number of aliphatic hydroxyl groups is 1. The highest BCUT2D eigenvalue weighted by Gasteiger charge is 2.22. The first kappa shape index (κ1) is 18.9. The van der Waals surface area contributed by atoms with Crippen molar-refractivity contribution in [1.29, 1.82) is 0 Å². The number of aliphatic hydroxyl groups excluding tert-OH is 1. The molecule has 0 aliphatic carbocycles. The molecule has 1 heterocycles. The average molecular weight is 367 g/mol. The Hall–Kier alpha value is -2.86. The van der Waals surface area contributed by atoms with Gasteiger partial charge in [0.05, 0.1) is 17.3 Å². The summed E-state index contributed by atoms with van der Waals surface area (Å²) in [5.41, 5.74) is 3.36. The number of benzene rings is 2. The van der Waals surface area contributed by atoms with E-state index in [1.807, 2.05) is 54.9 Å². The molecule has 0 radical (unpaired) electrons. The molecule has 2 aromatic carbocycles. The lowest BCUT2D eigenvalue weighted by Crippen LogP contribution is -2.24. The molecule has 0 saturated carbocycles. The number of rotatable bonds is 5. The highest BCUT2D eigenvalue weighted by molar-refractivity contribution is 5.97. The van der Waals surface area contributed by atoms with E-state index in [0.29, 0.717) is 29.6 Å². The maximum Gasteiger partial charge on any atom is 0.223 e. The number of fused-ring (bicyclic) bond motifs is 1. The molecule has 1 aromatic heterocycles. The Kier molecular flexibility index (Phi) is 5.19. The van der Waals surface area contributed by atoms with Crippen LogP contribution in [-0.4, -0.2) is 32.7 Å². The number of hydrogen-bond acceptors (Lipinski definition) is 4. The van der Waals surface area contributed by atoms with Crippen LogP contribution in [0.15, 0.2) is 36.4 Å². The number of carbonyl (C=O) groups is 1. The van der Waals surface area contributed by atoms with Crippen LogP contribution in [0, 0.1) is 6.92 Å². The number of aromatic hydroxyl groups is 1. The van der Waals surface area contributed by atoms with Gasteiger partial charge in [-0.2, -0.15) is 0 Å². The van der Waals surface area contributed by atoms with Gasteiger partial charge in [-0.15, -0.1) is 0 Å². The average Bonchev–Trinajstić information content (AvgIpc) is 2.95. The maximum absolute atomic E-state index is 12.0. The third-order valence-corrected chi connectivity index (χ3v) is 5.14. The van der Waals surface area contributed by atoms with Gasteiger partial charge in [-0.25, -0.2) is 4.98 Å². The van der Waals surface area contributed by atoms with E-state index in [2.05, 4.69) is 4.98 Å². The molecule has 0 bridgehead atoms. The van der Waals surface area contributed by atoms with Gasteiger partial charge in [0.1, 0.15) is 17.1 Å². The van der Waals surface area contributed by atoms with Crippen molar-refractivity contribution < 1.29 is 15.0 Å². The first-order chi connectivity index (χ1) is 12.8. The van der Waals surface area contributed by atoms with E-state index in [9.17, 15) is 15.0 Å². The smallest absolute Gasteiger partial charge is 0.223 e. The van der Waals surface area contributed by atoms with Crippen molar-refractivity contribution in [2.45, 2.75) is 32.8 Å². The summed E-state index contributed by atoms with van der Waals surface area (Å²) in [6.45, 7) is 3.35. The van der Waals surface area contributed by atoms with E-state index in [1.165, 1.54) is 11.8 Å². The van der Waals surface area contributed by atoms with E-state index in [1.54, 1.807) is 7.05 Å². The Morgan fingerprint density at radius 1 is 1.30 bits per heavy atom. The molecule has 3 rings (SSSR count). The fourth-order valence-corrected chi connectivity index (χ4v) is 3.29. The minimum Gasteiger partial charge on any atom is -0.505 e. The zero-order chi connectivity index (χ0) is 19.7. The van der Waals surface area contributed by atoms with Crippen LogP contribution in [0.2, 0.25) is 0 Å². The van der Waals surface area contributed by atoms with Crippen LogP contribution >= 0.6 is 0 Å². The first-order valence-electron chi connectivity index (χ1n) is 8.96. The molecule has 2 N–H and O–H groups in total. The van der Waals surface area contributed by atoms with Crippen LogP contribution in [0.3, 0.4) is 0 Å². The van der Waals surface area contributed by atoms with Crippen molar-refractivity contribution >= 4 is 22.6 Å². The van der Waals surface area contributed by atoms with Crippen LogP contribution in [0.5, 0.6) is 5.75 Å². The lowest BCUT2D eigenvalue weighted by Gasteiger charge is -2.21. The number of aromatic nitrogens is 2. The number of carbonyl (C=O) groups excluding carboxylic acids is 1. The van der Waals surface area contributed by atoms with Crippen LogP contribution in [0.25, 0.3) is 11.0 Å². The molecular formula is C21H25N3O3. The number of anilines is 1. The molecule has 1 amide bonds. The maximum atomic E-state index is 12.0. The van der Waals surface area contributed by atoms with Crippen molar-refractivity contribution in [1.82, 2.24) is 9.55 Å². The number of amides is 1. The predicted octanol–water partition coefficient (Wildman–Crippen LogP) is 3.24. The lowest BCUT2D eigenvalue weighted by molar-refractivity contribution is -0.116. The van der Waals surface area contributed by atoms with Crippen LogP contribution in [0.4, 0.5) is 5.69 Å². The summed E-state index contributed by atoms with van der Waals surface area (Å²) in [4.78, 5) is 17.9. The Balaban J connectivity index is 2.03. The normalized spacial score (nSPS) is 12.3. The standard InChI is InChI=1S/C21H25N3O3/c1-13-22-20-18(23(13)3)12-17(24(4)14(2)25)16(21(20)27)10-11-19(26)15-8-6-5-7-9-15/h5-9,12,19,26-27H,10-11H2,1-4H3. The second-order valence-electron chi connectivity index (χ2n) is 6.85. The summed E-state index contributed by atoms with van der Waals surface area (Å²) in [6, 6.07) is 11.3. The Morgan fingerprint density at radius 3 is 2.59 bits per heavy atom. The number of imidazole rings is 1. The molecule has 0 aliphatic heterocycles. The van der Waals surface area contributed by atoms with E-state index in [4.69, 9.17) is 0 Å². The Morgan fingerprint density at radius 2 is 1.96 bits per heavy atom. The molecular weight excluding hydrogens is 342 g/mol. The minimum absolute atomic E-state index is 0.0690. The predicted molar refractivity (Wildman–Crippen MR) is 106 cm³/mol. The van der Waals surface area contributed by atoms with Gasteiger partial charge in [-0.05, 0) is 31.4 Å². The Labute approximate surface area is 158 Å². The molecule has 142 valence electrons. The first-order valence-corrected chi connectivity index (χ1v) is 8.96. The topological polar surface area (TPSA) is 78.6 Å². The fourth-order valence-electron chi connectivity index (χ4n) is 3.29. The monoisotopic (exact) mass is 367 g/mol. The number of phenols is 1. The van der Waals surface area contributed by atoms with Crippen LogP contribution in [0.1, 0.15) is 36.4 Å². The van der Waals surface area contributed by atoms with Crippen molar-refractivity contribution in [2.24, 2.45) is 7.05 Å². The number of phenolic OH excluding ortho intramolecular Hbond substituents is 1. The van der Waals surface area contributed by atoms with Crippen molar-refractivity contribution in [3.8, 4) is 5.75 Å². The third kappa shape index (κ3) is 3.53. The molecule has 6 nitrogen and oxygen atoms in total. The quantitative estimate of drug-likeness (QED) is 0.726. The Bertz CT molecular complexity index is 979. The largest absolute Gasteiger partial charge is 0.505 e. The van der Waals surface area contributed by atoms with Crippen LogP contribution in [-0.2, 0) is 18.3 Å². The van der Waals surface area contributed by atoms with E-state index in [-0.39, 0.29) is 11.7 Å². The van der Waals surface area contributed by atoms with Gasteiger partial charge in [0.15, 0.2) is 0 Å². The van der Waals surface area contributed by atoms with Gasteiger partial charge < -0.3 is 19.7 Å². The van der Waals surface area contributed by atoms with Gasteiger partial charge in [-0.1, -0.05) is 30.3 Å². The zero-order valence-electron chi connectivity index (χ0n) is 16.1.